The maximum Gasteiger partial charge on any atom is 0.266 e. The van der Waals surface area contributed by atoms with Gasteiger partial charge < -0.3 is 10.1 Å². The van der Waals surface area contributed by atoms with Crippen LogP contribution in [0.15, 0.2) is 76.7 Å². The summed E-state index contributed by atoms with van der Waals surface area (Å²) >= 11 is 7.60. The van der Waals surface area contributed by atoms with Crippen LogP contribution in [0.1, 0.15) is 15.9 Å². The van der Waals surface area contributed by atoms with E-state index in [2.05, 4.69) is 10.3 Å². The quantitative estimate of drug-likeness (QED) is 0.214. The molecule has 1 amide bonds. The van der Waals surface area contributed by atoms with Gasteiger partial charge in [0.15, 0.2) is 5.16 Å². The van der Waals surface area contributed by atoms with E-state index in [0.29, 0.717) is 51.2 Å². The molecule has 4 rings (SSSR count). The van der Waals surface area contributed by atoms with Gasteiger partial charge in [-0.3, -0.25) is 14.2 Å². The molecule has 34 heavy (non-hydrogen) atoms. The number of hydrogen-bond acceptors (Lipinski definition) is 5. The van der Waals surface area contributed by atoms with Crippen molar-refractivity contribution in [3.8, 4) is 5.69 Å². The lowest BCUT2D eigenvalue weighted by Gasteiger charge is -2.14. The van der Waals surface area contributed by atoms with E-state index >= 15 is 0 Å². The monoisotopic (exact) mass is 497 g/mol. The third-order valence-electron chi connectivity index (χ3n) is 5.07. The highest BCUT2D eigenvalue weighted by Crippen LogP contribution is 2.28. The number of carbonyl (C=O) groups excluding carboxylic acids is 1. The lowest BCUT2D eigenvalue weighted by atomic mass is 10.1. The summed E-state index contributed by atoms with van der Waals surface area (Å²) in [4.78, 5) is 30.6. The summed E-state index contributed by atoms with van der Waals surface area (Å²) in [6.45, 7) is 0.750. The molecule has 0 unspecified atom stereocenters. The summed E-state index contributed by atoms with van der Waals surface area (Å²) in [6, 6.07) is 17.9. The largest absolute Gasteiger partial charge is 0.383 e. The zero-order valence-electron chi connectivity index (χ0n) is 18.3. The summed E-state index contributed by atoms with van der Waals surface area (Å²) in [5.41, 5.74) is 1.63. The molecule has 0 aliphatic heterocycles. The van der Waals surface area contributed by atoms with E-state index in [1.807, 2.05) is 18.2 Å². The summed E-state index contributed by atoms with van der Waals surface area (Å²) in [7, 11) is 1.55. The van der Waals surface area contributed by atoms with Crippen molar-refractivity contribution in [2.45, 2.75) is 10.9 Å². The molecule has 0 radical (unpaired) electrons. The van der Waals surface area contributed by atoms with Gasteiger partial charge in [-0.15, -0.1) is 0 Å². The number of methoxy groups -OCH3 is 1. The zero-order valence-corrected chi connectivity index (χ0v) is 19.8. The number of nitrogens with one attached hydrogen (secondary N) is 1. The van der Waals surface area contributed by atoms with Gasteiger partial charge in [-0.2, -0.15) is 0 Å². The predicted octanol–water partition coefficient (Wildman–Crippen LogP) is 4.85. The molecule has 1 heterocycles. The molecule has 1 aromatic heterocycles. The summed E-state index contributed by atoms with van der Waals surface area (Å²) in [5, 5.41) is 4.04. The molecule has 9 heteroatoms. The highest BCUT2D eigenvalue weighted by Gasteiger charge is 2.16. The third kappa shape index (κ3) is 5.30. The van der Waals surface area contributed by atoms with E-state index in [4.69, 9.17) is 16.3 Å². The number of fused-ring (bicyclic) bond motifs is 1. The molecule has 0 fully saturated rings. The van der Waals surface area contributed by atoms with Gasteiger partial charge in [0.2, 0.25) is 0 Å². The van der Waals surface area contributed by atoms with E-state index < -0.39 is 5.82 Å². The van der Waals surface area contributed by atoms with Gasteiger partial charge in [0.05, 0.1) is 23.2 Å². The highest BCUT2D eigenvalue weighted by molar-refractivity contribution is 7.98. The average Bonchev–Trinajstić information content (AvgIpc) is 2.83. The number of halogens is 2. The fourth-order valence-electron chi connectivity index (χ4n) is 3.37. The lowest BCUT2D eigenvalue weighted by Crippen LogP contribution is -2.27. The Morgan fingerprint density at radius 3 is 2.74 bits per heavy atom. The van der Waals surface area contributed by atoms with Crippen LogP contribution >= 0.6 is 23.4 Å². The fourth-order valence-corrected chi connectivity index (χ4v) is 4.67. The second-order valence-corrected chi connectivity index (χ2v) is 8.73. The lowest BCUT2D eigenvalue weighted by molar-refractivity contribution is 0.0937. The summed E-state index contributed by atoms with van der Waals surface area (Å²) in [6.07, 6.45) is 0. The second-order valence-electron chi connectivity index (χ2n) is 7.38. The number of ether oxygens (including phenoxy) is 1. The number of rotatable bonds is 8. The minimum atomic E-state index is -0.463. The Bertz CT molecular complexity index is 1410. The third-order valence-corrected chi connectivity index (χ3v) is 6.43. The van der Waals surface area contributed by atoms with Crippen LogP contribution in [0.2, 0.25) is 5.02 Å². The highest BCUT2D eigenvalue weighted by atomic mass is 35.5. The average molecular weight is 498 g/mol. The van der Waals surface area contributed by atoms with E-state index in [9.17, 15) is 14.0 Å². The Balaban J connectivity index is 1.79. The van der Waals surface area contributed by atoms with Crippen LogP contribution < -0.4 is 10.9 Å². The van der Waals surface area contributed by atoms with Gasteiger partial charge in [-0.25, -0.2) is 9.37 Å². The van der Waals surface area contributed by atoms with Crippen molar-refractivity contribution in [3.63, 3.8) is 0 Å². The Kier molecular flexibility index (Phi) is 7.62. The molecule has 0 aliphatic carbocycles. The molecular weight excluding hydrogens is 477 g/mol. The smallest absolute Gasteiger partial charge is 0.266 e. The first-order valence-corrected chi connectivity index (χ1v) is 11.8. The van der Waals surface area contributed by atoms with Crippen LogP contribution in [0.25, 0.3) is 16.6 Å². The Morgan fingerprint density at radius 1 is 1.15 bits per heavy atom. The van der Waals surface area contributed by atoms with Gasteiger partial charge in [0, 0.05) is 30.0 Å². The SMILES string of the molecule is COCCNC(=O)c1ccc2c(=O)n(-c3cccc(F)c3)c(SCc3ccccc3Cl)nc2c1. The van der Waals surface area contributed by atoms with Crippen molar-refractivity contribution < 1.29 is 13.9 Å². The van der Waals surface area contributed by atoms with Crippen LogP contribution in [-0.2, 0) is 10.5 Å². The fraction of sp³-hybridized carbons (Fsp3) is 0.160. The first-order chi connectivity index (χ1) is 16.5. The van der Waals surface area contributed by atoms with E-state index in [0.717, 1.165) is 5.56 Å². The van der Waals surface area contributed by atoms with Crippen molar-refractivity contribution in [1.29, 1.82) is 0 Å². The summed E-state index contributed by atoms with van der Waals surface area (Å²) < 4.78 is 20.3. The number of nitrogens with zero attached hydrogens (tertiary/aromatic N) is 2. The molecule has 0 saturated heterocycles. The van der Waals surface area contributed by atoms with Crippen LogP contribution in [0.3, 0.4) is 0 Å². The molecule has 174 valence electrons. The number of aromatic nitrogens is 2. The first-order valence-electron chi connectivity index (χ1n) is 10.4. The second kappa shape index (κ2) is 10.8. The molecule has 6 nitrogen and oxygen atoms in total. The molecule has 0 atom stereocenters. The standard InChI is InChI=1S/C25H21ClFN3O3S/c1-33-12-11-28-23(31)16-9-10-20-22(13-16)29-25(34-15-17-5-2-3-8-21(17)26)30(24(20)32)19-7-4-6-18(27)14-19/h2-10,13-14H,11-12,15H2,1H3,(H,28,31). The molecule has 1 N–H and O–H groups in total. The van der Waals surface area contributed by atoms with Crippen LogP contribution in [0, 0.1) is 5.82 Å². The number of hydrogen-bond donors (Lipinski definition) is 1. The van der Waals surface area contributed by atoms with E-state index in [1.54, 1.807) is 37.4 Å². The Labute approximate surface area is 204 Å². The number of thioether (sulfide) groups is 1. The molecule has 0 bridgehead atoms. The van der Waals surface area contributed by atoms with Crippen molar-refractivity contribution in [3.05, 3.63) is 99.1 Å². The topological polar surface area (TPSA) is 73.2 Å². The van der Waals surface area contributed by atoms with E-state index in [1.165, 1.54) is 34.5 Å². The van der Waals surface area contributed by atoms with Crippen LogP contribution in [0.5, 0.6) is 0 Å². The van der Waals surface area contributed by atoms with Crippen LogP contribution in [-0.4, -0.2) is 35.7 Å². The van der Waals surface area contributed by atoms with Gasteiger partial charge >= 0.3 is 0 Å². The molecule has 0 aliphatic rings. The molecule has 0 saturated carbocycles. The number of carbonyl (C=O) groups is 1. The maximum absolute atomic E-state index is 14.0. The minimum absolute atomic E-state index is 0.291. The van der Waals surface area contributed by atoms with Crippen molar-refractivity contribution in [2.24, 2.45) is 0 Å². The van der Waals surface area contributed by atoms with Crippen molar-refractivity contribution >= 4 is 40.2 Å². The normalized spacial score (nSPS) is 11.0. The van der Waals surface area contributed by atoms with Crippen LogP contribution in [0.4, 0.5) is 4.39 Å². The van der Waals surface area contributed by atoms with Gasteiger partial charge in [0.25, 0.3) is 11.5 Å². The minimum Gasteiger partial charge on any atom is -0.383 e. The maximum atomic E-state index is 14.0. The summed E-state index contributed by atoms with van der Waals surface area (Å²) in [5.74, 6) is -0.306. The van der Waals surface area contributed by atoms with Gasteiger partial charge in [-0.1, -0.05) is 47.6 Å². The van der Waals surface area contributed by atoms with Crippen molar-refractivity contribution in [2.75, 3.05) is 20.3 Å². The van der Waals surface area contributed by atoms with Gasteiger partial charge in [-0.05, 0) is 48.0 Å². The van der Waals surface area contributed by atoms with E-state index in [-0.39, 0.29) is 11.5 Å². The number of benzene rings is 3. The van der Waals surface area contributed by atoms with Crippen molar-refractivity contribution in [1.82, 2.24) is 14.9 Å². The Morgan fingerprint density at radius 2 is 1.97 bits per heavy atom. The number of amides is 1. The molecule has 4 aromatic rings. The van der Waals surface area contributed by atoms with Gasteiger partial charge in [0.1, 0.15) is 5.82 Å². The first kappa shape index (κ1) is 23.9. The molecular formula is C25H21ClFN3O3S. The molecule has 0 spiro atoms. The predicted molar refractivity (Wildman–Crippen MR) is 133 cm³/mol. The zero-order chi connectivity index (χ0) is 24.1. The molecule has 3 aromatic carbocycles. The Hall–Kier alpha value is -3.20.